The molecular weight excluding hydrogens is 504 g/mol. The highest BCUT2D eigenvalue weighted by molar-refractivity contribution is 5.57. The molecular formula is C35H34N6. The lowest BCUT2D eigenvalue weighted by Crippen LogP contribution is -2.04. The average Bonchev–Trinajstić information content (AvgIpc) is 3.69. The second-order valence-electron chi connectivity index (χ2n) is 10.9. The van der Waals surface area contributed by atoms with Crippen molar-refractivity contribution in [2.24, 2.45) is 0 Å². The van der Waals surface area contributed by atoms with Crippen LogP contribution in [0, 0.1) is 0 Å². The van der Waals surface area contributed by atoms with Crippen LogP contribution in [-0.2, 0) is 13.1 Å². The van der Waals surface area contributed by atoms with E-state index >= 15 is 0 Å². The highest BCUT2D eigenvalue weighted by Gasteiger charge is 2.14. The van der Waals surface area contributed by atoms with Crippen molar-refractivity contribution in [1.82, 2.24) is 30.0 Å². The molecule has 0 saturated heterocycles. The van der Waals surface area contributed by atoms with E-state index in [9.17, 15) is 0 Å². The summed E-state index contributed by atoms with van der Waals surface area (Å²) in [7, 11) is 0. The van der Waals surface area contributed by atoms with Gasteiger partial charge >= 0.3 is 0 Å². The van der Waals surface area contributed by atoms with E-state index in [0.717, 1.165) is 28.9 Å². The molecule has 2 atom stereocenters. The van der Waals surface area contributed by atoms with Crippen LogP contribution in [0.15, 0.2) is 122 Å². The van der Waals surface area contributed by atoms with Crippen molar-refractivity contribution in [2.75, 3.05) is 0 Å². The van der Waals surface area contributed by atoms with E-state index in [1.165, 1.54) is 22.3 Å². The summed E-state index contributed by atoms with van der Waals surface area (Å²) in [5.74, 6) is 0.919. The van der Waals surface area contributed by atoms with Crippen LogP contribution in [0.3, 0.4) is 0 Å². The molecule has 4 aromatic carbocycles. The molecule has 0 saturated carbocycles. The molecule has 6 nitrogen and oxygen atoms in total. The molecule has 6 heteroatoms. The SMILES string of the molecule is CC(CC(C)c1ccc(Cn2cc(-c3ccccc3)nn2)cc1)c1ccc(Cn2cc(-c3ccccc3)nn2)cc1. The normalized spacial score (nSPS) is 12.7. The summed E-state index contributed by atoms with van der Waals surface area (Å²) in [5, 5.41) is 17.3. The highest BCUT2D eigenvalue weighted by atomic mass is 15.4. The molecule has 204 valence electrons. The largest absolute Gasteiger partial charge is 0.247 e. The molecule has 0 fully saturated rings. The molecule has 0 bridgehead atoms. The van der Waals surface area contributed by atoms with Gasteiger partial charge in [-0.3, -0.25) is 0 Å². The van der Waals surface area contributed by atoms with Crippen LogP contribution in [0.5, 0.6) is 0 Å². The molecule has 6 aromatic rings. The zero-order valence-corrected chi connectivity index (χ0v) is 23.5. The van der Waals surface area contributed by atoms with E-state index in [1.807, 2.05) is 58.2 Å². The smallest absolute Gasteiger partial charge is 0.113 e. The number of nitrogens with zero attached hydrogens (tertiary/aromatic N) is 6. The van der Waals surface area contributed by atoms with Crippen molar-refractivity contribution in [1.29, 1.82) is 0 Å². The molecule has 6 rings (SSSR count). The monoisotopic (exact) mass is 538 g/mol. The van der Waals surface area contributed by atoms with Gasteiger partial charge in [-0.25, -0.2) is 9.36 Å². The molecule has 41 heavy (non-hydrogen) atoms. The molecule has 0 spiro atoms. The van der Waals surface area contributed by atoms with Gasteiger partial charge in [0.25, 0.3) is 0 Å². The third-order valence-corrected chi connectivity index (χ3v) is 7.71. The minimum atomic E-state index is 0.460. The second-order valence-corrected chi connectivity index (χ2v) is 10.9. The Bertz CT molecular complexity index is 1540. The summed E-state index contributed by atoms with van der Waals surface area (Å²) in [4.78, 5) is 0. The first-order chi connectivity index (χ1) is 20.1. The Morgan fingerprint density at radius 1 is 0.512 bits per heavy atom. The molecule has 2 unspecified atom stereocenters. The standard InChI is InChI=1S/C35H34N6/c1-26(30-17-13-28(14-18-30)22-40-24-34(36-38-40)32-9-5-3-6-10-32)21-27(2)31-19-15-29(16-20-31)23-41-25-35(37-39-41)33-11-7-4-8-12-33/h3-20,24-27H,21-23H2,1-2H3. The fourth-order valence-electron chi connectivity index (χ4n) is 5.31. The Morgan fingerprint density at radius 3 is 1.29 bits per heavy atom. The summed E-state index contributed by atoms with van der Waals surface area (Å²) in [6, 6.07) is 38.2. The first-order valence-electron chi connectivity index (χ1n) is 14.2. The Labute approximate surface area is 241 Å². The van der Waals surface area contributed by atoms with Crippen LogP contribution in [0.2, 0.25) is 0 Å². The van der Waals surface area contributed by atoms with Gasteiger partial charge in [-0.15, -0.1) is 10.2 Å². The zero-order chi connectivity index (χ0) is 28.0. The predicted octanol–water partition coefficient (Wildman–Crippen LogP) is 7.60. The van der Waals surface area contributed by atoms with Crippen LogP contribution in [-0.4, -0.2) is 30.0 Å². The minimum absolute atomic E-state index is 0.460. The fourth-order valence-corrected chi connectivity index (χ4v) is 5.31. The molecule has 0 amide bonds. The number of hydrogen-bond donors (Lipinski definition) is 0. The van der Waals surface area contributed by atoms with Crippen LogP contribution < -0.4 is 0 Å². The van der Waals surface area contributed by atoms with Crippen molar-refractivity contribution < 1.29 is 0 Å². The molecule has 0 aliphatic rings. The number of rotatable bonds is 10. The van der Waals surface area contributed by atoms with Gasteiger partial charge in [0.1, 0.15) is 11.4 Å². The number of benzene rings is 4. The molecule has 0 aliphatic heterocycles. The lowest BCUT2D eigenvalue weighted by atomic mass is 9.87. The quantitative estimate of drug-likeness (QED) is 0.180. The Hall–Kier alpha value is -4.84. The zero-order valence-electron chi connectivity index (χ0n) is 23.5. The lowest BCUT2D eigenvalue weighted by Gasteiger charge is -2.19. The summed E-state index contributed by atoms with van der Waals surface area (Å²) in [5.41, 5.74) is 9.12. The molecule has 2 aromatic heterocycles. The van der Waals surface area contributed by atoms with Gasteiger partial charge in [0.2, 0.25) is 0 Å². The van der Waals surface area contributed by atoms with Crippen LogP contribution in [0.25, 0.3) is 22.5 Å². The van der Waals surface area contributed by atoms with E-state index in [4.69, 9.17) is 0 Å². The topological polar surface area (TPSA) is 61.4 Å². The van der Waals surface area contributed by atoms with Gasteiger partial charge in [0.05, 0.1) is 25.5 Å². The van der Waals surface area contributed by atoms with Crippen molar-refractivity contribution in [2.45, 2.75) is 45.2 Å². The van der Waals surface area contributed by atoms with Crippen LogP contribution in [0.4, 0.5) is 0 Å². The average molecular weight is 539 g/mol. The predicted molar refractivity (Wildman–Crippen MR) is 163 cm³/mol. The maximum absolute atomic E-state index is 4.33. The third kappa shape index (κ3) is 6.49. The maximum Gasteiger partial charge on any atom is 0.113 e. The van der Waals surface area contributed by atoms with Gasteiger partial charge in [0, 0.05) is 11.1 Å². The van der Waals surface area contributed by atoms with Gasteiger partial charge in [-0.2, -0.15) is 0 Å². The van der Waals surface area contributed by atoms with Crippen molar-refractivity contribution >= 4 is 0 Å². The van der Waals surface area contributed by atoms with E-state index < -0.39 is 0 Å². The maximum atomic E-state index is 4.33. The van der Waals surface area contributed by atoms with Gasteiger partial charge in [-0.05, 0) is 40.5 Å². The molecule has 2 heterocycles. The first kappa shape index (κ1) is 26.4. The summed E-state index contributed by atoms with van der Waals surface area (Å²) in [6.07, 6.45) is 5.10. The summed E-state index contributed by atoms with van der Waals surface area (Å²) < 4.78 is 3.80. The number of aromatic nitrogens is 6. The van der Waals surface area contributed by atoms with E-state index in [1.54, 1.807) is 0 Å². The van der Waals surface area contributed by atoms with Gasteiger partial charge < -0.3 is 0 Å². The summed E-state index contributed by atoms with van der Waals surface area (Å²) in [6.45, 7) is 6.05. The van der Waals surface area contributed by atoms with Crippen LogP contribution in [0.1, 0.15) is 54.4 Å². The van der Waals surface area contributed by atoms with Gasteiger partial charge in [-0.1, -0.05) is 133 Å². The molecule has 0 radical (unpaired) electrons. The Balaban J connectivity index is 1.02. The van der Waals surface area contributed by atoms with Crippen LogP contribution >= 0.6 is 0 Å². The van der Waals surface area contributed by atoms with Gasteiger partial charge in [0.15, 0.2) is 0 Å². The van der Waals surface area contributed by atoms with E-state index in [-0.39, 0.29) is 0 Å². The summed E-state index contributed by atoms with van der Waals surface area (Å²) >= 11 is 0. The van der Waals surface area contributed by atoms with Crippen molar-refractivity contribution in [3.8, 4) is 22.5 Å². The highest BCUT2D eigenvalue weighted by Crippen LogP contribution is 2.30. The number of hydrogen-bond acceptors (Lipinski definition) is 4. The van der Waals surface area contributed by atoms with E-state index in [0.29, 0.717) is 24.9 Å². The fraction of sp³-hybridized carbons (Fsp3) is 0.200. The van der Waals surface area contributed by atoms with Crippen molar-refractivity contribution in [3.63, 3.8) is 0 Å². The Morgan fingerprint density at radius 2 is 0.902 bits per heavy atom. The first-order valence-corrected chi connectivity index (χ1v) is 14.2. The molecule has 0 aliphatic carbocycles. The second kappa shape index (κ2) is 12.1. The minimum Gasteiger partial charge on any atom is -0.247 e. The lowest BCUT2D eigenvalue weighted by molar-refractivity contribution is 0.591. The third-order valence-electron chi connectivity index (χ3n) is 7.71. The Kier molecular flexibility index (Phi) is 7.81. The van der Waals surface area contributed by atoms with Crippen molar-refractivity contribution in [3.05, 3.63) is 144 Å². The molecule has 0 N–H and O–H groups in total. The van der Waals surface area contributed by atoms with E-state index in [2.05, 4.69) is 107 Å².